The van der Waals surface area contributed by atoms with Gasteiger partial charge < -0.3 is 15.8 Å². The fourth-order valence-corrected chi connectivity index (χ4v) is 5.26. The van der Waals surface area contributed by atoms with Crippen LogP contribution in [0.15, 0.2) is 5.16 Å². The molecule has 0 fully saturated rings. The highest BCUT2D eigenvalue weighted by atomic mass is 32.2. The number of fused-ring (bicyclic) bond motifs is 3. The van der Waals surface area contributed by atoms with Crippen molar-refractivity contribution in [1.82, 2.24) is 15.3 Å². The number of rotatable bonds is 6. The van der Waals surface area contributed by atoms with Crippen LogP contribution in [0, 0.1) is 5.92 Å². The molecule has 1 amide bonds. The summed E-state index contributed by atoms with van der Waals surface area (Å²) in [4.78, 5) is 23.4. The minimum Gasteiger partial charge on any atom is -0.383 e. The van der Waals surface area contributed by atoms with E-state index in [1.54, 1.807) is 18.4 Å². The number of ether oxygens (including phenoxy) is 1. The summed E-state index contributed by atoms with van der Waals surface area (Å²) in [6.07, 6.45) is 3.34. The van der Waals surface area contributed by atoms with Crippen LogP contribution in [0.4, 0.5) is 5.82 Å². The lowest BCUT2D eigenvalue weighted by Crippen LogP contribution is -2.36. The minimum atomic E-state index is -0.0592. The smallest absolute Gasteiger partial charge is 0.230 e. The van der Waals surface area contributed by atoms with Crippen LogP contribution < -0.4 is 11.1 Å². The van der Waals surface area contributed by atoms with E-state index in [9.17, 15) is 4.79 Å². The van der Waals surface area contributed by atoms with Gasteiger partial charge in [-0.1, -0.05) is 18.7 Å². The fraction of sp³-hybridized carbons (Fsp3) is 0.588. The average molecular weight is 381 g/mol. The third-order valence-electron chi connectivity index (χ3n) is 4.32. The number of nitrogens with two attached hydrogens (primary N) is 1. The third kappa shape index (κ3) is 4.24. The summed E-state index contributed by atoms with van der Waals surface area (Å²) in [6.45, 7) is 4.68. The van der Waals surface area contributed by atoms with Crippen LogP contribution in [0.3, 0.4) is 0 Å². The Morgan fingerprint density at radius 1 is 1.52 bits per heavy atom. The molecule has 1 aliphatic carbocycles. The average Bonchev–Trinajstić information content (AvgIpc) is 2.90. The van der Waals surface area contributed by atoms with Crippen molar-refractivity contribution < 1.29 is 9.53 Å². The van der Waals surface area contributed by atoms with Crippen LogP contribution in [-0.2, 0) is 22.4 Å². The Morgan fingerprint density at radius 2 is 2.32 bits per heavy atom. The zero-order valence-corrected chi connectivity index (χ0v) is 16.4. The largest absolute Gasteiger partial charge is 0.383 e. The maximum absolute atomic E-state index is 12.0. The lowest BCUT2D eigenvalue weighted by atomic mass is 9.89. The van der Waals surface area contributed by atoms with Crippen molar-refractivity contribution in [3.63, 3.8) is 0 Å². The highest BCUT2D eigenvalue weighted by Gasteiger charge is 2.23. The number of nitrogens with zero attached hydrogens (tertiary/aromatic N) is 2. The van der Waals surface area contributed by atoms with Crippen LogP contribution in [0.25, 0.3) is 10.2 Å². The number of amides is 1. The maximum atomic E-state index is 12.0. The van der Waals surface area contributed by atoms with Gasteiger partial charge >= 0.3 is 0 Å². The number of thioether (sulfide) groups is 1. The zero-order chi connectivity index (χ0) is 18.0. The number of aromatic nitrogens is 2. The molecule has 0 bridgehead atoms. The number of nitrogens with one attached hydrogen (secondary N) is 1. The van der Waals surface area contributed by atoms with Crippen molar-refractivity contribution in [2.24, 2.45) is 5.92 Å². The Balaban J connectivity index is 1.72. The van der Waals surface area contributed by atoms with Crippen molar-refractivity contribution >= 4 is 45.0 Å². The number of methoxy groups -OCH3 is 1. The molecular formula is C17H24N4O2S2. The molecule has 136 valence electrons. The Labute approximate surface area is 155 Å². The summed E-state index contributed by atoms with van der Waals surface area (Å²) in [5, 5.41) is 4.46. The first kappa shape index (κ1) is 18.4. The van der Waals surface area contributed by atoms with E-state index in [2.05, 4.69) is 22.2 Å². The molecule has 8 heteroatoms. The van der Waals surface area contributed by atoms with Crippen LogP contribution in [0.1, 0.15) is 30.7 Å². The zero-order valence-electron chi connectivity index (χ0n) is 14.8. The molecule has 6 nitrogen and oxygen atoms in total. The van der Waals surface area contributed by atoms with E-state index in [0.29, 0.717) is 23.5 Å². The van der Waals surface area contributed by atoms with Gasteiger partial charge in [-0.15, -0.1) is 11.3 Å². The molecule has 2 aromatic rings. The molecule has 0 unspecified atom stereocenters. The SMILES string of the molecule is COC[C@H](C)NC(=O)CSc1nc(N)c2c3c(sc2n1)C[C@H](C)CC3. The normalized spacial score (nSPS) is 18.1. The molecule has 0 aliphatic heterocycles. The van der Waals surface area contributed by atoms with Gasteiger partial charge in [0.05, 0.1) is 17.7 Å². The van der Waals surface area contributed by atoms with E-state index in [1.807, 2.05) is 6.92 Å². The molecule has 2 aromatic heterocycles. The number of thiophene rings is 1. The summed E-state index contributed by atoms with van der Waals surface area (Å²) in [5.41, 5.74) is 7.54. The molecule has 0 spiro atoms. The summed E-state index contributed by atoms with van der Waals surface area (Å²) in [7, 11) is 1.62. The van der Waals surface area contributed by atoms with E-state index in [0.717, 1.165) is 23.1 Å². The first-order valence-corrected chi connectivity index (χ1v) is 10.3. The summed E-state index contributed by atoms with van der Waals surface area (Å²) in [5.74, 6) is 1.45. The van der Waals surface area contributed by atoms with E-state index < -0.39 is 0 Å². The molecule has 0 saturated heterocycles. The van der Waals surface area contributed by atoms with Gasteiger partial charge in [0.15, 0.2) is 5.16 Å². The summed E-state index contributed by atoms with van der Waals surface area (Å²) in [6, 6.07) is -0.0161. The molecule has 25 heavy (non-hydrogen) atoms. The first-order valence-electron chi connectivity index (χ1n) is 8.46. The molecule has 3 rings (SSSR count). The van der Waals surface area contributed by atoms with E-state index in [-0.39, 0.29) is 17.7 Å². The van der Waals surface area contributed by atoms with Crippen molar-refractivity contribution in [3.05, 3.63) is 10.4 Å². The monoisotopic (exact) mass is 380 g/mol. The highest BCUT2D eigenvalue weighted by Crippen LogP contribution is 2.39. The number of carbonyl (C=O) groups is 1. The van der Waals surface area contributed by atoms with Crippen molar-refractivity contribution in [2.45, 2.75) is 44.3 Å². The quantitative estimate of drug-likeness (QED) is 0.591. The molecule has 3 N–H and O–H groups in total. The first-order chi connectivity index (χ1) is 12.0. The van der Waals surface area contributed by atoms with Gasteiger partial charge in [-0.05, 0) is 37.7 Å². The number of aryl methyl sites for hydroxylation is 1. The molecule has 2 atom stereocenters. The Kier molecular flexibility index (Phi) is 5.81. The second-order valence-electron chi connectivity index (χ2n) is 6.64. The Bertz CT molecular complexity index is 778. The van der Waals surface area contributed by atoms with Gasteiger partial charge in [0.1, 0.15) is 10.6 Å². The maximum Gasteiger partial charge on any atom is 0.230 e. The second kappa shape index (κ2) is 7.88. The number of carbonyl (C=O) groups excluding carboxylic acids is 1. The van der Waals surface area contributed by atoms with Crippen molar-refractivity contribution in [2.75, 3.05) is 25.2 Å². The van der Waals surface area contributed by atoms with Gasteiger partial charge in [0, 0.05) is 18.0 Å². The van der Waals surface area contributed by atoms with Crippen LogP contribution in [-0.4, -0.2) is 41.4 Å². The van der Waals surface area contributed by atoms with Gasteiger partial charge in [0.25, 0.3) is 0 Å². The number of hydrogen-bond donors (Lipinski definition) is 2. The molecule has 0 saturated carbocycles. The topological polar surface area (TPSA) is 90.1 Å². The van der Waals surface area contributed by atoms with E-state index >= 15 is 0 Å². The van der Waals surface area contributed by atoms with Gasteiger partial charge in [0.2, 0.25) is 5.91 Å². The standard InChI is InChI=1S/C17H24N4O2S2/c1-9-4-5-11-12(6-9)25-16-14(11)15(18)20-17(21-16)24-8-13(22)19-10(2)7-23-3/h9-10H,4-8H2,1-3H3,(H,19,22)(H2,18,20,21)/t9-,10+/m1/s1. The lowest BCUT2D eigenvalue weighted by molar-refractivity contribution is -0.119. The van der Waals surface area contributed by atoms with Crippen LogP contribution in [0.5, 0.6) is 0 Å². The third-order valence-corrected chi connectivity index (χ3v) is 6.31. The second-order valence-corrected chi connectivity index (χ2v) is 8.66. The van der Waals surface area contributed by atoms with Crippen LogP contribution in [0.2, 0.25) is 0 Å². The number of nitrogen functional groups attached to an aromatic ring is 1. The molecule has 1 aliphatic rings. The lowest BCUT2D eigenvalue weighted by Gasteiger charge is -2.17. The van der Waals surface area contributed by atoms with Crippen molar-refractivity contribution in [1.29, 1.82) is 0 Å². The van der Waals surface area contributed by atoms with E-state index in [1.165, 1.54) is 28.6 Å². The number of hydrogen-bond acceptors (Lipinski definition) is 7. The summed E-state index contributed by atoms with van der Waals surface area (Å²) >= 11 is 3.04. The Morgan fingerprint density at radius 3 is 3.08 bits per heavy atom. The predicted molar refractivity (Wildman–Crippen MR) is 103 cm³/mol. The fourth-order valence-electron chi connectivity index (χ4n) is 3.15. The molecule has 0 aromatic carbocycles. The molecule has 0 radical (unpaired) electrons. The minimum absolute atomic E-state index is 0.0161. The Hall–Kier alpha value is -1.38. The van der Waals surface area contributed by atoms with Gasteiger partial charge in [-0.3, -0.25) is 4.79 Å². The molecular weight excluding hydrogens is 356 g/mol. The van der Waals surface area contributed by atoms with Gasteiger partial charge in [-0.25, -0.2) is 9.97 Å². The van der Waals surface area contributed by atoms with Crippen molar-refractivity contribution in [3.8, 4) is 0 Å². The molecule has 2 heterocycles. The predicted octanol–water partition coefficient (Wildman–Crippen LogP) is 2.64. The van der Waals surface area contributed by atoms with E-state index in [4.69, 9.17) is 10.5 Å². The number of anilines is 1. The van der Waals surface area contributed by atoms with Crippen LogP contribution >= 0.6 is 23.1 Å². The summed E-state index contributed by atoms with van der Waals surface area (Å²) < 4.78 is 5.02. The van der Waals surface area contributed by atoms with Gasteiger partial charge in [-0.2, -0.15) is 0 Å². The highest BCUT2D eigenvalue weighted by molar-refractivity contribution is 7.99.